The Hall–Kier alpha value is -1.43. The second-order valence-electron chi connectivity index (χ2n) is 4.00. The Bertz CT molecular complexity index is 491. The van der Waals surface area contributed by atoms with Gasteiger partial charge in [0.2, 0.25) is 5.91 Å². The Kier molecular flexibility index (Phi) is 5.95. The summed E-state index contributed by atoms with van der Waals surface area (Å²) < 4.78 is 19.0. The summed E-state index contributed by atoms with van der Waals surface area (Å²) in [6, 6.07) is 2.58. The lowest BCUT2D eigenvalue weighted by Gasteiger charge is -2.11. The van der Waals surface area contributed by atoms with Crippen molar-refractivity contribution in [3.63, 3.8) is 0 Å². The quantitative estimate of drug-likeness (QED) is 0.644. The van der Waals surface area contributed by atoms with Crippen LogP contribution >= 0.6 is 15.9 Å². The van der Waals surface area contributed by atoms with Crippen LogP contribution in [-0.4, -0.2) is 24.8 Å². The maximum atomic E-state index is 13.4. The molecule has 0 fully saturated rings. The van der Waals surface area contributed by atoms with Crippen LogP contribution in [0.4, 0.5) is 4.39 Å². The minimum atomic E-state index is -0.484. The molecule has 0 spiro atoms. The van der Waals surface area contributed by atoms with Gasteiger partial charge in [0.05, 0.1) is 16.6 Å². The first-order chi connectivity index (χ1) is 8.91. The van der Waals surface area contributed by atoms with Crippen molar-refractivity contribution in [3.05, 3.63) is 28.0 Å². The predicted octanol–water partition coefficient (Wildman–Crippen LogP) is 2.70. The Morgan fingerprint density at radius 1 is 1.37 bits per heavy atom. The van der Waals surface area contributed by atoms with E-state index < -0.39 is 5.82 Å². The molecule has 1 aromatic rings. The van der Waals surface area contributed by atoms with Gasteiger partial charge in [-0.05, 0) is 35.3 Å². The molecule has 1 amide bonds. The van der Waals surface area contributed by atoms with Gasteiger partial charge in [-0.15, -0.1) is 0 Å². The van der Waals surface area contributed by atoms with Gasteiger partial charge in [-0.2, -0.15) is 0 Å². The van der Waals surface area contributed by atoms with Crippen LogP contribution in [0.1, 0.15) is 30.6 Å². The minimum absolute atomic E-state index is 0.112. The van der Waals surface area contributed by atoms with Crippen molar-refractivity contribution in [2.45, 2.75) is 20.3 Å². The number of nitrogens with one attached hydrogen (secondary N) is 1. The number of benzene rings is 1. The van der Waals surface area contributed by atoms with Crippen LogP contribution in [0.15, 0.2) is 16.6 Å². The number of carbonyl (C=O) groups is 2. The van der Waals surface area contributed by atoms with E-state index in [1.165, 1.54) is 26.0 Å². The van der Waals surface area contributed by atoms with Gasteiger partial charge in [0.1, 0.15) is 11.6 Å². The van der Waals surface area contributed by atoms with Crippen molar-refractivity contribution >= 4 is 27.6 Å². The molecule has 6 heteroatoms. The van der Waals surface area contributed by atoms with Crippen LogP contribution in [0, 0.1) is 5.82 Å². The van der Waals surface area contributed by atoms with Crippen molar-refractivity contribution in [1.82, 2.24) is 5.32 Å². The smallest absolute Gasteiger partial charge is 0.216 e. The second-order valence-corrected chi connectivity index (χ2v) is 4.86. The summed E-state index contributed by atoms with van der Waals surface area (Å²) >= 11 is 3.03. The fourth-order valence-electron chi connectivity index (χ4n) is 1.44. The lowest BCUT2D eigenvalue weighted by Crippen LogP contribution is -2.22. The van der Waals surface area contributed by atoms with E-state index in [1.807, 2.05) is 0 Å². The molecule has 0 heterocycles. The first kappa shape index (κ1) is 15.6. The summed E-state index contributed by atoms with van der Waals surface area (Å²) in [5.41, 5.74) is 0.327. The molecular formula is C13H15BrFNO3. The number of amides is 1. The van der Waals surface area contributed by atoms with Crippen LogP contribution in [0.5, 0.6) is 5.75 Å². The van der Waals surface area contributed by atoms with E-state index in [0.29, 0.717) is 25.1 Å². The lowest BCUT2D eigenvalue weighted by atomic mass is 10.1. The third-order valence-corrected chi connectivity index (χ3v) is 2.96. The van der Waals surface area contributed by atoms with E-state index in [4.69, 9.17) is 4.74 Å². The Morgan fingerprint density at radius 2 is 2.05 bits per heavy atom. The van der Waals surface area contributed by atoms with Gasteiger partial charge >= 0.3 is 0 Å². The first-order valence-electron chi connectivity index (χ1n) is 5.79. The zero-order valence-corrected chi connectivity index (χ0v) is 12.3. The number of ketones is 1. The van der Waals surface area contributed by atoms with Crippen molar-refractivity contribution < 1.29 is 18.7 Å². The molecule has 0 bridgehead atoms. The molecule has 0 saturated heterocycles. The second kappa shape index (κ2) is 7.23. The van der Waals surface area contributed by atoms with Crippen molar-refractivity contribution in [2.24, 2.45) is 0 Å². The third-order valence-electron chi connectivity index (χ3n) is 2.35. The maximum Gasteiger partial charge on any atom is 0.216 e. The van der Waals surface area contributed by atoms with Crippen LogP contribution < -0.4 is 10.1 Å². The van der Waals surface area contributed by atoms with Crippen molar-refractivity contribution in [1.29, 1.82) is 0 Å². The molecule has 0 aliphatic rings. The van der Waals surface area contributed by atoms with E-state index in [-0.39, 0.29) is 21.9 Å². The van der Waals surface area contributed by atoms with E-state index in [1.54, 1.807) is 0 Å². The average molecular weight is 332 g/mol. The van der Waals surface area contributed by atoms with Gasteiger partial charge in [-0.25, -0.2) is 4.39 Å². The largest absolute Gasteiger partial charge is 0.493 e. The van der Waals surface area contributed by atoms with Gasteiger partial charge in [0, 0.05) is 19.5 Å². The van der Waals surface area contributed by atoms with E-state index in [9.17, 15) is 14.0 Å². The summed E-state index contributed by atoms with van der Waals surface area (Å²) in [6.07, 6.45) is 0.578. The Morgan fingerprint density at radius 3 is 2.63 bits per heavy atom. The molecule has 1 aromatic carbocycles. The van der Waals surface area contributed by atoms with Gasteiger partial charge in [-0.1, -0.05) is 0 Å². The van der Waals surface area contributed by atoms with Crippen LogP contribution in [0.2, 0.25) is 0 Å². The summed E-state index contributed by atoms with van der Waals surface area (Å²) in [4.78, 5) is 22.1. The van der Waals surface area contributed by atoms with Gasteiger partial charge in [0.25, 0.3) is 0 Å². The number of hydrogen-bond donors (Lipinski definition) is 1. The molecule has 0 aromatic heterocycles. The molecule has 4 nitrogen and oxygen atoms in total. The van der Waals surface area contributed by atoms with Gasteiger partial charge in [-0.3, -0.25) is 9.59 Å². The Balaban J connectivity index is 2.64. The van der Waals surface area contributed by atoms with E-state index >= 15 is 0 Å². The summed E-state index contributed by atoms with van der Waals surface area (Å²) in [7, 11) is 0. The molecule has 104 valence electrons. The third kappa shape index (κ3) is 4.98. The van der Waals surface area contributed by atoms with Crippen molar-refractivity contribution in [3.8, 4) is 5.75 Å². The lowest BCUT2D eigenvalue weighted by molar-refractivity contribution is -0.118. The number of halogens is 2. The topological polar surface area (TPSA) is 55.4 Å². The Labute approximate surface area is 119 Å². The number of carbonyl (C=O) groups excluding carboxylic acids is 2. The SMILES string of the molecule is CC(=O)NCCCOc1cc(F)c(Br)cc1C(C)=O. The zero-order valence-electron chi connectivity index (χ0n) is 10.8. The van der Waals surface area contributed by atoms with Crippen LogP contribution in [-0.2, 0) is 4.79 Å². The molecule has 0 radical (unpaired) electrons. The minimum Gasteiger partial charge on any atom is -0.493 e. The number of hydrogen-bond acceptors (Lipinski definition) is 3. The molecule has 0 aliphatic carbocycles. The van der Waals surface area contributed by atoms with E-state index in [0.717, 1.165) is 0 Å². The molecule has 0 aliphatic heterocycles. The molecule has 0 saturated carbocycles. The monoisotopic (exact) mass is 331 g/mol. The normalized spacial score (nSPS) is 10.1. The molecule has 1 N–H and O–H groups in total. The number of ether oxygens (including phenoxy) is 1. The van der Waals surface area contributed by atoms with Crippen LogP contribution in [0.3, 0.4) is 0 Å². The highest BCUT2D eigenvalue weighted by atomic mass is 79.9. The molecule has 0 atom stereocenters. The van der Waals surface area contributed by atoms with Crippen LogP contribution in [0.25, 0.3) is 0 Å². The molecular weight excluding hydrogens is 317 g/mol. The molecule has 0 unspecified atom stereocenters. The summed E-state index contributed by atoms with van der Waals surface area (Å²) in [5, 5.41) is 2.62. The van der Waals surface area contributed by atoms with Gasteiger partial charge < -0.3 is 10.1 Å². The van der Waals surface area contributed by atoms with Crippen molar-refractivity contribution in [2.75, 3.05) is 13.2 Å². The maximum absolute atomic E-state index is 13.4. The molecule has 19 heavy (non-hydrogen) atoms. The first-order valence-corrected chi connectivity index (χ1v) is 6.58. The van der Waals surface area contributed by atoms with E-state index in [2.05, 4.69) is 21.2 Å². The summed E-state index contributed by atoms with van der Waals surface area (Å²) in [6.45, 7) is 3.59. The molecule has 1 rings (SSSR count). The van der Waals surface area contributed by atoms with Gasteiger partial charge in [0.15, 0.2) is 5.78 Å². The highest BCUT2D eigenvalue weighted by Crippen LogP contribution is 2.27. The number of Topliss-reactive ketones (excluding diaryl/α,β-unsaturated/α-hetero) is 1. The fraction of sp³-hybridized carbons (Fsp3) is 0.385. The average Bonchev–Trinajstić information content (AvgIpc) is 2.32. The predicted molar refractivity (Wildman–Crippen MR) is 72.9 cm³/mol. The summed E-state index contributed by atoms with van der Waals surface area (Å²) in [5.74, 6) is -0.574. The number of rotatable bonds is 6. The highest BCUT2D eigenvalue weighted by Gasteiger charge is 2.13. The fourth-order valence-corrected chi connectivity index (χ4v) is 1.79. The zero-order chi connectivity index (χ0) is 14.4. The highest BCUT2D eigenvalue weighted by molar-refractivity contribution is 9.10. The standard InChI is InChI=1S/C13H15BrFNO3/c1-8(17)10-6-11(14)12(15)7-13(10)19-5-3-4-16-9(2)18/h6-7H,3-5H2,1-2H3,(H,16,18).